The third-order valence-corrected chi connectivity index (χ3v) is 3.29. The normalized spacial score (nSPS) is 13.8. The first kappa shape index (κ1) is 12.2. The Hall–Kier alpha value is -0.910. The molecule has 1 aromatic rings. The van der Waals surface area contributed by atoms with Crippen LogP contribution in [0.5, 0.6) is 0 Å². The predicted molar refractivity (Wildman–Crippen MR) is 56.0 cm³/mol. The van der Waals surface area contributed by atoms with E-state index in [1.807, 2.05) is 6.92 Å². The van der Waals surface area contributed by atoms with Crippen LogP contribution in [-0.4, -0.2) is 26.2 Å². The second-order valence-corrected chi connectivity index (χ2v) is 4.93. The largest absolute Gasteiger partial charge is 0.394 e. The summed E-state index contributed by atoms with van der Waals surface area (Å²) >= 11 is 0. The zero-order valence-electron chi connectivity index (χ0n) is 8.67. The molecule has 0 aliphatic carbocycles. The molecule has 0 aromatic heterocycles. The fraction of sp³-hybridized carbons (Fsp3) is 0.400. The molecule has 0 spiro atoms. The van der Waals surface area contributed by atoms with E-state index in [9.17, 15) is 8.42 Å². The molecule has 1 N–H and O–H groups in total. The van der Waals surface area contributed by atoms with Gasteiger partial charge in [-0.05, 0) is 26.0 Å². The Bertz CT molecular complexity index is 408. The first-order valence-corrected chi connectivity index (χ1v) is 5.97. The van der Waals surface area contributed by atoms with Gasteiger partial charge in [0.1, 0.15) is 0 Å². The lowest BCUT2D eigenvalue weighted by molar-refractivity contribution is 0.135. The quantitative estimate of drug-likeness (QED) is 0.786. The van der Waals surface area contributed by atoms with Crippen molar-refractivity contribution in [3.8, 4) is 0 Å². The second kappa shape index (κ2) is 4.74. The van der Waals surface area contributed by atoms with E-state index in [0.29, 0.717) is 0 Å². The van der Waals surface area contributed by atoms with E-state index in [0.717, 1.165) is 5.56 Å². The molecule has 4 nitrogen and oxygen atoms in total. The Balaban J connectivity index is 2.91. The molecule has 1 rings (SSSR count). The first-order valence-electron chi connectivity index (χ1n) is 4.56. The lowest BCUT2D eigenvalue weighted by Gasteiger charge is -2.10. The molecule has 0 radical (unpaired) electrons. The van der Waals surface area contributed by atoms with Crippen molar-refractivity contribution in [1.29, 1.82) is 0 Å². The molecule has 0 saturated heterocycles. The maximum atomic E-state index is 11.6. The van der Waals surface area contributed by atoms with E-state index in [-0.39, 0.29) is 11.5 Å². The number of aryl methyl sites for hydroxylation is 1. The number of aliphatic hydroxyl groups excluding tert-OH is 1. The van der Waals surface area contributed by atoms with Crippen molar-refractivity contribution in [3.63, 3.8) is 0 Å². The molecule has 0 fully saturated rings. The van der Waals surface area contributed by atoms with E-state index in [4.69, 9.17) is 9.29 Å². The zero-order valence-corrected chi connectivity index (χ0v) is 9.49. The Morgan fingerprint density at radius 3 is 2.33 bits per heavy atom. The highest BCUT2D eigenvalue weighted by Crippen LogP contribution is 2.14. The van der Waals surface area contributed by atoms with Gasteiger partial charge in [-0.2, -0.15) is 8.42 Å². The monoisotopic (exact) mass is 230 g/mol. The summed E-state index contributed by atoms with van der Waals surface area (Å²) in [5.74, 6) is 0. The molecule has 0 saturated carbocycles. The second-order valence-electron chi connectivity index (χ2n) is 3.36. The average molecular weight is 230 g/mol. The SMILES string of the molecule is Cc1ccc(S(=O)(=O)OC(C)CO)cc1. The summed E-state index contributed by atoms with van der Waals surface area (Å²) in [5, 5.41) is 8.70. The van der Waals surface area contributed by atoms with E-state index in [1.54, 1.807) is 12.1 Å². The van der Waals surface area contributed by atoms with E-state index in [2.05, 4.69) is 0 Å². The zero-order chi connectivity index (χ0) is 11.5. The third kappa shape index (κ3) is 3.30. The van der Waals surface area contributed by atoms with Crippen molar-refractivity contribution in [2.75, 3.05) is 6.61 Å². The molecule has 15 heavy (non-hydrogen) atoms. The van der Waals surface area contributed by atoms with Crippen LogP contribution in [0.1, 0.15) is 12.5 Å². The lowest BCUT2D eigenvalue weighted by Crippen LogP contribution is -2.18. The van der Waals surface area contributed by atoms with Crippen molar-refractivity contribution in [3.05, 3.63) is 29.8 Å². The Kier molecular flexibility index (Phi) is 3.84. The van der Waals surface area contributed by atoms with Gasteiger partial charge in [-0.1, -0.05) is 17.7 Å². The number of rotatable bonds is 4. The van der Waals surface area contributed by atoms with Crippen molar-refractivity contribution in [1.82, 2.24) is 0 Å². The number of hydrogen-bond acceptors (Lipinski definition) is 4. The van der Waals surface area contributed by atoms with Crippen molar-refractivity contribution >= 4 is 10.1 Å². The van der Waals surface area contributed by atoms with Gasteiger partial charge in [0.25, 0.3) is 10.1 Å². The Labute approximate surface area is 89.6 Å². The van der Waals surface area contributed by atoms with Crippen LogP contribution in [0.4, 0.5) is 0 Å². The van der Waals surface area contributed by atoms with Crippen LogP contribution in [-0.2, 0) is 14.3 Å². The van der Waals surface area contributed by atoms with Crippen molar-refractivity contribution in [2.45, 2.75) is 24.8 Å². The molecule has 0 aliphatic heterocycles. The maximum absolute atomic E-state index is 11.6. The smallest absolute Gasteiger partial charge is 0.297 e. The summed E-state index contributed by atoms with van der Waals surface area (Å²) in [5.41, 5.74) is 0.976. The van der Waals surface area contributed by atoms with Crippen LogP contribution in [0.15, 0.2) is 29.2 Å². The standard InChI is InChI=1S/C10H14O4S/c1-8-3-5-10(6-4-8)15(12,13)14-9(2)7-11/h3-6,9,11H,7H2,1-2H3. The summed E-state index contributed by atoms with van der Waals surface area (Å²) in [7, 11) is -3.75. The molecule has 0 aliphatic rings. The molecule has 84 valence electrons. The van der Waals surface area contributed by atoms with Gasteiger partial charge in [0.15, 0.2) is 0 Å². The fourth-order valence-electron chi connectivity index (χ4n) is 1.01. The van der Waals surface area contributed by atoms with Crippen LogP contribution in [0.25, 0.3) is 0 Å². The molecule has 5 heteroatoms. The number of aliphatic hydroxyl groups is 1. The van der Waals surface area contributed by atoms with Crippen LogP contribution in [0.2, 0.25) is 0 Å². The highest BCUT2D eigenvalue weighted by atomic mass is 32.2. The first-order chi connectivity index (χ1) is 6.95. The highest BCUT2D eigenvalue weighted by molar-refractivity contribution is 7.86. The lowest BCUT2D eigenvalue weighted by atomic mass is 10.2. The third-order valence-electron chi connectivity index (χ3n) is 1.86. The molecule has 1 aromatic carbocycles. The molecule has 0 amide bonds. The summed E-state index contributed by atoms with van der Waals surface area (Å²) in [6.45, 7) is 3.03. The van der Waals surface area contributed by atoms with Gasteiger partial charge in [0, 0.05) is 0 Å². The minimum Gasteiger partial charge on any atom is -0.394 e. The Morgan fingerprint density at radius 2 is 1.87 bits per heavy atom. The van der Waals surface area contributed by atoms with E-state index < -0.39 is 16.2 Å². The molecule has 0 bridgehead atoms. The van der Waals surface area contributed by atoms with Gasteiger partial charge in [-0.25, -0.2) is 0 Å². The maximum Gasteiger partial charge on any atom is 0.297 e. The topological polar surface area (TPSA) is 63.6 Å². The molecule has 1 atom stereocenters. The summed E-state index contributed by atoms with van der Waals surface area (Å²) in [4.78, 5) is 0.105. The minimum absolute atomic E-state index is 0.105. The number of benzene rings is 1. The molecular weight excluding hydrogens is 216 g/mol. The minimum atomic E-state index is -3.75. The van der Waals surface area contributed by atoms with Gasteiger partial charge >= 0.3 is 0 Å². The molecular formula is C10H14O4S. The van der Waals surface area contributed by atoms with Crippen LogP contribution in [0.3, 0.4) is 0 Å². The van der Waals surface area contributed by atoms with Crippen LogP contribution < -0.4 is 0 Å². The van der Waals surface area contributed by atoms with Crippen molar-refractivity contribution in [2.24, 2.45) is 0 Å². The van der Waals surface area contributed by atoms with E-state index >= 15 is 0 Å². The predicted octanol–water partition coefficient (Wildman–Crippen LogP) is 1.08. The van der Waals surface area contributed by atoms with Gasteiger partial charge in [-0.15, -0.1) is 0 Å². The molecule has 1 unspecified atom stereocenters. The van der Waals surface area contributed by atoms with E-state index in [1.165, 1.54) is 19.1 Å². The average Bonchev–Trinajstić information content (AvgIpc) is 2.17. The summed E-state index contributed by atoms with van der Waals surface area (Å²) in [6.07, 6.45) is -0.726. The highest BCUT2D eigenvalue weighted by Gasteiger charge is 2.17. The molecule has 0 heterocycles. The van der Waals surface area contributed by atoms with Gasteiger partial charge in [0.05, 0.1) is 17.6 Å². The Morgan fingerprint density at radius 1 is 1.33 bits per heavy atom. The summed E-state index contributed by atoms with van der Waals surface area (Å²) in [6, 6.07) is 6.35. The van der Waals surface area contributed by atoms with Crippen LogP contribution in [0, 0.1) is 6.92 Å². The fourth-order valence-corrected chi connectivity index (χ4v) is 2.08. The van der Waals surface area contributed by atoms with Crippen molar-refractivity contribution < 1.29 is 17.7 Å². The van der Waals surface area contributed by atoms with Gasteiger partial charge in [0.2, 0.25) is 0 Å². The van der Waals surface area contributed by atoms with Gasteiger partial charge in [-0.3, -0.25) is 4.18 Å². The van der Waals surface area contributed by atoms with Crippen LogP contribution >= 0.6 is 0 Å². The summed E-state index contributed by atoms with van der Waals surface area (Å²) < 4.78 is 27.9. The van der Waals surface area contributed by atoms with Gasteiger partial charge < -0.3 is 5.11 Å². The number of hydrogen-bond donors (Lipinski definition) is 1.